The minimum Gasteiger partial charge on any atom is -0.454 e. The van der Waals surface area contributed by atoms with Crippen molar-refractivity contribution in [2.75, 3.05) is 25.7 Å². The van der Waals surface area contributed by atoms with Crippen molar-refractivity contribution in [2.45, 2.75) is 19.9 Å². The Balaban J connectivity index is 1.47. The molecule has 2 aromatic carbocycles. The van der Waals surface area contributed by atoms with Gasteiger partial charge in [0.1, 0.15) is 5.01 Å². The van der Waals surface area contributed by atoms with E-state index in [4.69, 9.17) is 9.47 Å². The summed E-state index contributed by atoms with van der Waals surface area (Å²) < 4.78 is 11.8. The molecule has 0 aliphatic carbocycles. The number of likely N-dealkylation sites (N-methyl/N-ethyl adjacent to an activating group) is 1. The lowest BCUT2D eigenvalue weighted by Crippen LogP contribution is -2.32. The normalized spacial score (nSPS) is 13.7. The number of para-hydroxylation sites is 1. The van der Waals surface area contributed by atoms with Crippen molar-refractivity contribution in [2.24, 2.45) is 0 Å². The van der Waals surface area contributed by atoms with E-state index in [1.807, 2.05) is 43.1 Å². The number of amides is 1. The summed E-state index contributed by atoms with van der Waals surface area (Å²) in [6, 6.07) is 11.2. The third-order valence-electron chi connectivity index (χ3n) is 4.89. The molecule has 7 nitrogen and oxygen atoms in total. The first-order valence-corrected chi connectivity index (χ1v) is 10.0. The predicted octanol–water partition coefficient (Wildman–Crippen LogP) is 3.86. The zero-order chi connectivity index (χ0) is 20.5. The molecule has 0 unspecified atom stereocenters. The van der Waals surface area contributed by atoms with Crippen molar-refractivity contribution in [1.82, 2.24) is 9.88 Å². The third-order valence-corrected chi connectivity index (χ3v) is 6.09. The first-order chi connectivity index (χ1) is 13.9. The third kappa shape index (κ3) is 3.94. The Morgan fingerprint density at radius 1 is 1.24 bits per heavy atom. The zero-order valence-electron chi connectivity index (χ0n) is 16.4. The Hall–Kier alpha value is -2.97. The molecule has 3 aromatic rings. The number of benzene rings is 2. The lowest BCUT2D eigenvalue weighted by atomic mass is 10.1. The number of Topliss-reactive ketones (excluding diaryl/α,β-unsaturated/α-hetero) is 1. The van der Waals surface area contributed by atoms with Gasteiger partial charge in [-0.3, -0.25) is 14.5 Å². The maximum Gasteiger partial charge on any atom is 0.238 e. The van der Waals surface area contributed by atoms with E-state index in [-0.39, 0.29) is 31.1 Å². The topological polar surface area (TPSA) is 80.8 Å². The summed E-state index contributed by atoms with van der Waals surface area (Å²) in [7, 11) is 1.88. The number of carbonyl (C=O) groups is 2. The second kappa shape index (κ2) is 7.81. The molecule has 0 saturated carbocycles. The van der Waals surface area contributed by atoms with Crippen LogP contribution < -0.4 is 14.8 Å². The van der Waals surface area contributed by atoms with Crippen molar-refractivity contribution in [3.8, 4) is 11.5 Å². The van der Waals surface area contributed by atoms with Crippen LogP contribution in [-0.2, 0) is 4.79 Å². The number of rotatable bonds is 6. The first kappa shape index (κ1) is 19.4. The van der Waals surface area contributed by atoms with Gasteiger partial charge in [-0.05, 0) is 39.1 Å². The molecule has 1 aromatic heterocycles. The van der Waals surface area contributed by atoms with Crippen LogP contribution in [0.2, 0.25) is 0 Å². The molecule has 1 amide bonds. The Labute approximate surface area is 172 Å². The molecule has 4 rings (SSSR count). The van der Waals surface area contributed by atoms with E-state index in [0.717, 1.165) is 15.2 Å². The highest BCUT2D eigenvalue weighted by molar-refractivity contribution is 7.18. The fourth-order valence-corrected chi connectivity index (χ4v) is 4.23. The van der Waals surface area contributed by atoms with Gasteiger partial charge in [0, 0.05) is 11.6 Å². The SMILES string of the molecule is CC(=O)c1cc2c(cc1NC(=O)CN(C)[C@@H](C)c1nc3ccccc3s1)OCO2. The average Bonchev–Trinajstić information content (AvgIpc) is 3.32. The van der Waals surface area contributed by atoms with E-state index in [1.165, 1.54) is 6.92 Å². The summed E-state index contributed by atoms with van der Waals surface area (Å²) in [4.78, 5) is 31.2. The van der Waals surface area contributed by atoms with Gasteiger partial charge in [-0.15, -0.1) is 11.3 Å². The summed E-state index contributed by atoms with van der Waals surface area (Å²) in [5.41, 5.74) is 1.78. The van der Waals surface area contributed by atoms with E-state index in [2.05, 4.69) is 10.3 Å². The minimum absolute atomic E-state index is 0.0258. The standard InChI is InChI=1S/C21H21N3O4S/c1-12(21-23-15-6-4-5-7-19(15)29-21)24(3)10-20(26)22-16-9-18-17(27-11-28-18)8-14(16)13(2)25/h4-9,12H,10-11H2,1-3H3,(H,22,26)/t12-/m0/s1. The molecule has 0 spiro atoms. The average molecular weight is 411 g/mol. The molecule has 0 radical (unpaired) electrons. The van der Waals surface area contributed by atoms with Crippen molar-refractivity contribution < 1.29 is 19.1 Å². The molecule has 1 atom stereocenters. The van der Waals surface area contributed by atoms with Gasteiger partial charge >= 0.3 is 0 Å². The largest absolute Gasteiger partial charge is 0.454 e. The van der Waals surface area contributed by atoms with Crippen molar-refractivity contribution in [3.63, 3.8) is 0 Å². The van der Waals surface area contributed by atoms with Crippen molar-refractivity contribution >= 4 is 38.9 Å². The van der Waals surface area contributed by atoms with Gasteiger partial charge in [-0.2, -0.15) is 0 Å². The number of thiazole rings is 1. The highest BCUT2D eigenvalue weighted by Crippen LogP contribution is 2.37. The number of hydrogen-bond acceptors (Lipinski definition) is 7. The Morgan fingerprint density at radius 3 is 2.69 bits per heavy atom. The number of anilines is 1. The van der Waals surface area contributed by atoms with E-state index in [9.17, 15) is 9.59 Å². The van der Waals surface area contributed by atoms with Crippen LogP contribution in [0.5, 0.6) is 11.5 Å². The van der Waals surface area contributed by atoms with Gasteiger partial charge < -0.3 is 14.8 Å². The molecule has 0 fully saturated rings. The second-order valence-corrected chi connectivity index (χ2v) is 8.03. The van der Waals surface area contributed by atoms with Crippen LogP contribution in [0, 0.1) is 0 Å². The zero-order valence-corrected chi connectivity index (χ0v) is 17.2. The Morgan fingerprint density at radius 2 is 1.97 bits per heavy atom. The predicted molar refractivity (Wildman–Crippen MR) is 112 cm³/mol. The fraction of sp³-hybridized carbons (Fsp3) is 0.286. The van der Waals surface area contributed by atoms with Gasteiger partial charge in [0.05, 0.1) is 28.5 Å². The molecule has 1 aliphatic rings. The highest BCUT2D eigenvalue weighted by atomic mass is 32.1. The van der Waals surface area contributed by atoms with Crippen molar-refractivity contribution in [3.05, 3.63) is 47.0 Å². The highest BCUT2D eigenvalue weighted by Gasteiger charge is 2.22. The number of ketones is 1. The number of carbonyl (C=O) groups excluding carboxylic acids is 2. The number of hydrogen-bond donors (Lipinski definition) is 1. The monoisotopic (exact) mass is 411 g/mol. The minimum atomic E-state index is -0.221. The maximum atomic E-state index is 12.7. The molecular weight excluding hydrogens is 390 g/mol. The van der Waals surface area contributed by atoms with Gasteiger partial charge in [-0.25, -0.2) is 4.98 Å². The fourth-order valence-electron chi connectivity index (χ4n) is 3.15. The summed E-state index contributed by atoms with van der Waals surface area (Å²) in [6.45, 7) is 3.73. The summed E-state index contributed by atoms with van der Waals surface area (Å²) in [6.07, 6.45) is 0. The summed E-state index contributed by atoms with van der Waals surface area (Å²) in [5.74, 6) is 0.646. The lowest BCUT2D eigenvalue weighted by Gasteiger charge is -2.22. The molecule has 8 heteroatoms. The molecule has 2 heterocycles. The first-order valence-electron chi connectivity index (χ1n) is 9.22. The second-order valence-electron chi connectivity index (χ2n) is 6.97. The Kier molecular flexibility index (Phi) is 5.21. The molecule has 150 valence electrons. The molecular formula is C21H21N3O4S. The summed E-state index contributed by atoms with van der Waals surface area (Å²) in [5, 5.41) is 3.78. The molecule has 1 aliphatic heterocycles. The van der Waals surface area contributed by atoms with Crippen LogP contribution in [0.1, 0.15) is 35.3 Å². The Bertz CT molecular complexity index is 1060. The van der Waals surface area contributed by atoms with Crippen LogP contribution in [0.4, 0.5) is 5.69 Å². The van der Waals surface area contributed by atoms with E-state index in [0.29, 0.717) is 22.7 Å². The van der Waals surface area contributed by atoms with Gasteiger partial charge in [-0.1, -0.05) is 12.1 Å². The number of nitrogens with one attached hydrogen (secondary N) is 1. The lowest BCUT2D eigenvalue weighted by molar-refractivity contribution is -0.117. The van der Waals surface area contributed by atoms with Crippen molar-refractivity contribution in [1.29, 1.82) is 0 Å². The number of nitrogens with zero attached hydrogens (tertiary/aromatic N) is 2. The smallest absolute Gasteiger partial charge is 0.238 e. The molecule has 1 N–H and O–H groups in total. The quantitative estimate of drug-likeness (QED) is 0.621. The molecule has 0 bridgehead atoms. The summed E-state index contributed by atoms with van der Waals surface area (Å²) >= 11 is 1.63. The molecule has 29 heavy (non-hydrogen) atoms. The van der Waals surface area contributed by atoms with Gasteiger partial charge in [0.2, 0.25) is 12.7 Å². The number of ether oxygens (including phenoxy) is 2. The number of aromatic nitrogens is 1. The number of fused-ring (bicyclic) bond motifs is 2. The van der Waals surface area contributed by atoms with Crippen LogP contribution in [-0.4, -0.2) is 42.0 Å². The van der Waals surface area contributed by atoms with Gasteiger partial charge in [0.25, 0.3) is 0 Å². The van der Waals surface area contributed by atoms with E-state index < -0.39 is 0 Å². The van der Waals surface area contributed by atoms with Crippen LogP contribution >= 0.6 is 11.3 Å². The van der Waals surface area contributed by atoms with Crippen LogP contribution in [0.25, 0.3) is 10.2 Å². The van der Waals surface area contributed by atoms with Crippen LogP contribution in [0.3, 0.4) is 0 Å². The van der Waals surface area contributed by atoms with Crippen LogP contribution in [0.15, 0.2) is 36.4 Å². The molecule has 0 saturated heterocycles. The maximum absolute atomic E-state index is 12.7. The van der Waals surface area contributed by atoms with E-state index >= 15 is 0 Å². The van der Waals surface area contributed by atoms with Gasteiger partial charge in [0.15, 0.2) is 17.3 Å². The van der Waals surface area contributed by atoms with E-state index in [1.54, 1.807) is 23.5 Å².